The van der Waals surface area contributed by atoms with E-state index in [1.54, 1.807) is 19.1 Å². The van der Waals surface area contributed by atoms with Gasteiger partial charge in [-0.25, -0.2) is 8.42 Å². The van der Waals surface area contributed by atoms with Crippen LogP contribution in [0.3, 0.4) is 0 Å². The summed E-state index contributed by atoms with van der Waals surface area (Å²) in [5, 5.41) is 2.93. The number of benzene rings is 2. The van der Waals surface area contributed by atoms with Gasteiger partial charge < -0.3 is 5.32 Å². The van der Waals surface area contributed by atoms with Crippen LogP contribution in [-0.4, -0.2) is 49.7 Å². The van der Waals surface area contributed by atoms with Gasteiger partial charge in [0, 0.05) is 30.9 Å². The normalized spacial score (nSPS) is 15.2. The second kappa shape index (κ2) is 10.4. The van der Waals surface area contributed by atoms with E-state index in [2.05, 4.69) is 16.3 Å². The van der Waals surface area contributed by atoms with Gasteiger partial charge in [0.25, 0.3) is 5.91 Å². The van der Waals surface area contributed by atoms with Crippen molar-refractivity contribution >= 4 is 21.6 Å². The summed E-state index contributed by atoms with van der Waals surface area (Å²) in [7, 11) is -3.64. The number of carbonyl (C=O) groups is 1. The molecule has 0 saturated carbocycles. The van der Waals surface area contributed by atoms with Gasteiger partial charge in [-0.2, -0.15) is 4.31 Å². The van der Waals surface area contributed by atoms with Crippen LogP contribution in [0, 0.1) is 6.92 Å². The zero-order valence-corrected chi connectivity index (χ0v) is 19.5. The molecule has 168 valence electrons. The molecule has 2 aromatic rings. The first-order chi connectivity index (χ1) is 14.8. The first-order valence-corrected chi connectivity index (χ1v) is 12.5. The number of aryl methyl sites for hydroxylation is 1. The van der Waals surface area contributed by atoms with Gasteiger partial charge in [0.15, 0.2) is 0 Å². The molecule has 1 saturated heterocycles. The first-order valence-electron chi connectivity index (χ1n) is 11.1. The highest BCUT2D eigenvalue weighted by Gasteiger charge is 2.24. The molecule has 1 amide bonds. The molecule has 1 N–H and O–H groups in total. The van der Waals surface area contributed by atoms with Crippen molar-refractivity contribution in [1.82, 2.24) is 9.21 Å². The van der Waals surface area contributed by atoms with Crippen LogP contribution in [0.4, 0.5) is 5.69 Å². The van der Waals surface area contributed by atoms with E-state index in [0.717, 1.165) is 25.2 Å². The molecule has 0 aromatic heterocycles. The molecule has 3 rings (SSSR count). The number of hydrogen-bond acceptors (Lipinski definition) is 4. The lowest BCUT2D eigenvalue weighted by Crippen LogP contribution is -2.31. The number of likely N-dealkylation sites (tertiary alicyclic amines) is 1. The van der Waals surface area contributed by atoms with Gasteiger partial charge in [-0.15, -0.1) is 0 Å². The minimum atomic E-state index is -3.64. The Bertz CT molecular complexity index is 1010. The molecule has 0 unspecified atom stereocenters. The smallest absolute Gasteiger partial charge is 0.255 e. The molecule has 1 heterocycles. The van der Waals surface area contributed by atoms with E-state index in [1.165, 1.54) is 29.6 Å². The predicted octanol–water partition coefficient (Wildman–Crippen LogP) is 4.26. The molecular weight excluding hydrogens is 410 g/mol. The van der Waals surface area contributed by atoms with Gasteiger partial charge in [0.2, 0.25) is 10.0 Å². The average Bonchev–Trinajstić information content (AvgIpc) is 2.75. The van der Waals surface area contributed by atoms with Crippen molar-refractivity contribution < 1.29 is 13.2 Å². The van der Waals surface area contributed by atoms with Gasteiger partial charge in [-0.3, -0.25) is 9.69 Å². The van der Waals surface area contributed by atoms with Crippen molar-refractivity contribution in [2.24, 2.45) is 0 Å². The minimum absolute atomic E-state index is 0.183. The summed E-state index contributed by atoms with van der Waals surface area (Å²) in [6, 6.07) is 12.7. The van der Waals surface area contributed by atoms with Gasteiger partial charge in [-0.05, 0) is 68.2 Å². The zero-order valence-electron chi connectivity index (χ0n) is 18.7. The van der Waals surface area contributed by atoms with E-state index in [9.17, 15) is 13.2 Å². The molecule has 2 aromatic carbocycles. The lowest BCUT2D eigenvalue weighted by molar-refractivity contribution is 0.102. The third-order valence-electron chi connectivity index (χ3n) is 5.81. The second-order valence-corrected chi connectivity index (χ2v) is 9.97. The van der Waals surface area contributed by atoms with Crippen LogP contribution < -0.4 is 5.32 Å². The fraction of sp³-hybridized carbons (Fsp3) is 0.458. The summed E-state index contributed by atoms with van der Waals surface area (Å²) in [5.74, 6) is -0.314. The van der Waals surface area contributed by atoms with Crippen molar-refractivity contribution in [2.75, 3.05) is 31.5 Å². The Hall–Kier alpha value is -2.22. The SMILES string of the molecule is CCN(CC)S(=O)(=O)c1cc(C(=O)Nc2cccc(CN3CCCCC3)c2)ccc1C. The molecular formula is C24H33N3O3S. The Morgan fingerprint density at radius 2 is 1.74 bits per heavy atom. The predicted molar refractivity (Wildman–Crippen MR) is 125 cm³/mol. The van der Waals surface area contributed by atoms with Gasteiger partial charge in [0.05, 0.1) is 4.90 Å². The average molecular weight is 444 g/mol. The number of carbonyl (C=O) groups excluding carboxylic acids is 1. The highest BCUT2D eigenvalue weighted by atomic mass is 32.2. The van der Waals surface area contributed by atoms with E-state index >= 15 is 0 Å². The Labute approximate surface area is 186 Å². The van der Waals surface area contributed by atoms with Crippen molar-refractivity contribution in [3.8, 4) is 0 Å². The number of nitrogens with zero attached hydrogens (tertiary/aromatic N) is 2. The van der Waals surface area contributed by atoms with E-state index in [4.69, 9.17) is 0 Å². The second-order valence-electron chi connectivity index (χ2n) is 8.06. The van der Waals surface area contributed by atoms with Gasteiger partial charge >= 0.3 is 0 Å². The minimum Gasteiger partial charge on any atom is -0.322 e. The molecule has 31 heavy (non-hydrogen) atoms. The Morgan fingerprint density at radius 1 is 1.03 bits per heavy atom. The number of nitrogens with one attached hydrogen (secondary N) is 1. The van der Waals surface area contributed by atoms with Crippen molar-refractivity contribution in [2.45, 2.75) is 51.5 Å². The summed E-state index contributed by atoms with van der Waals surface area (Å²) in [5.41, 5.74) is 2.84. The fourth-order valence-corrected chi connectivity index (χ4v) is 5.76. The maximum absolute atomic E-state index is 13.0. The Balaban J connectivity index is 1.77. The highest BCUT2D eigenvalue weighted by molar-refractivity contribution is 7.89. The number of hydrogen-bond donors (Lipinski definition) is 1. The summed E-state index contributed by atoms with van der Waals surface area (Å²) in [4.78, 5) is 15.5. The van der Waals surface area contributed by atoms with Crippen LogP contribution in [0.15, 0.2) is 47.4 Å². The molecule has 1 aliphatic heterocycles. The molecule has 0 spiro atoms. The summed E-state index contributed by atoms with van der Waals surface area (Å²) < 4.78 is 27.3. The molecule has 7 heteroatoms. The largest absolute Gasteiger partial charge is 0.322 e. The lowest BCUT2D eigenvalue weighted by atomic mass is 10.1. The maximum atomic E-state index is 13.0. The molecule has 6 nitrogen and oxygen atoms in total. The quantitative estimate of drug-likeness (QED) is 0.662. The lowest BCUT2D eigenvalue weighted by Gasteiger charge is -2.26. The van der Waals surface area contributed by atoms with Crippen LogP contribution in [0.25, 0.3) is 0 Å². The number of anilines is 1. The van der Waals surface area contributed by atoms with E-state index in [0.29, 0.717) is 29.9 Å². The molecule has 0 radical (unpaired) electrons. The van der Waals surface area contributed by atoms with Crippen molar-refractivity contribution in [1.29, 1.82) is 0 Å². The van der Waals surface area contributed by atoms with Gasteiger partial charge in [0.1, 0.15) is 0 Å². The summed E-state index contributed by atoms with van der Waals surface area (Å²) in [6.45, 7) is 9.25. The highest BCUT2D eigenvalue weighted by Crippen LogP contribution is 2.22. The van der Waals surface area contributed by atoms with E-state index < -0.39 is 10.0 Å². The van der Waals surface area contributed by atoms with Crippen LogP contribution in [-0.2, 0) is 16.6 Å². The number of piperidine rings is 1. The molecule has 0 aliphatic carbocycles. The molecule has 0 atom stereocenters. The fourth-order valence-electron chi connectivity index (χ4n) is 4.05. The van der Waals surface area contributed by atoms with Crippen molar-refractivity contribution in [3.05, 3.63) is 59.2 Å². The van der Waals surface area contributed by atoms with Crippen LogP contribution in [0.5, 0.6) is 0 Å². The van der Waals surface area contributed by atoms with E-state index in [-0.39, 0.29) is 10.8 Å². The number of amides is 1. The van der Waals surface area contributed by atoms with Crippen molar-refractivity contribution in [3.63, 3.8) is 0 Å². The Morgan fingerprint density at radius 3 is 2.42 bits per heavy atom. The standard InChI is InChI=1S/C24H33N3O3S/c1-4-27(5-2)31(29,30)23-17-21(13-12-19(23)3)24(28)25-22-11-9-10-20(16-22)18-26-14-7-6-8-15-26/h9-13,16-17H,4-8,14-15,18H2,1-3H3,(H,25,28). The third kappa shape index (κ3) is 5.73. The van der Waals surface area contributed by atoms with Gasteiger partial charge in [-0.1, -0.05) is 38.5 Å². The Kier molecular flexibility index (Phi) is 7.86. The monoisotopic (exact) mass is 443 g/mol. The van der Waals surface area contributed by atoms with Crippen LogP contribution in [0.1, 0.15) is 54.6 Å². The summed E-state index contributed by atoms with van der Waals surface area (Å²) in [6.07, 6.45) is 3.78. The topological polar surface area (TPSA) is 69.7 Å². The number of sulfonamides is 1. The first kappa shape index (κ1) is 23.4. The third-order valence-corrected chi connectivity index (χ3v) is 8.01. The van der Waals surface area contributed by atoms with Crippen LogP contribution >= 0.6 is 0 Å². The zero-order chi connectivity index (χ0) is 22.4. The van der Waals surface area contributed by atoms with Crippen LogP contribution in [0.2, 0.25) is 0 Å². The molecule has 1 fully saturated rings. The number of rotatable bonds is 8. The molecule has 0 bridgehead atoms. The van der Waals surface area contributed by atoms with E-state index in [1.807, 2.05) is 32.0 Å². The molecule has 1 aliphatic rings. The summed E-state index contributed by atoms with van der Waals surface area (Å²) >= 11 is 0. The maximum Gasteiger partial charge on any atom is 0.255 e.